The van der Waals surface area contributed by atoms with Gasteiger partial charge in [-0.15, -0.1) is 0 Å². The van der Waals surface area contributed by atoms with Crippen LogP contribution >= 0.6 is 7.82 Å². The van der Waals surface area contributed by atoms with Gasteiger partial charge in [-0.3, -0.25) is 18.6 Å². The lowest BCUT2D eigenvalue weighted by Crippen LogP contribution is -2.29. The topological polar surface area (TPSA) is 169 Å². The molecule has 0 aromatic rings. The maximum absolute atomic E-state index is 12.6. The molecule has 0 saturated carbocycles. The molecular weight excluding hydrogens is 735 g/mol. The first-order valence-corrected chi connectivity index (χ1v) is 22.1. The van der Waals surface area contributed by atoms with Crippen molar-refractivity contribution in [3.05, 3.63) is 85.1 Å². The number of carbonyl (C=O) groups is 2. The van der Waals surface area contributed by atoms with Gasteiger partial charge in [0.15, 0.2) is 6.10 Å². The fourth-order valence-electron chi connectivity index (χ4n) is 4.91. The number of ether oxygens (including phenoxy) is 2. The Morgan fingerprint density at radius 3 is 1.89 bits per heavy atom. The van der Waals surface area contributed by atoms with Crippen molar-refractivity contribution in [2.45, 2.75) is 154 Å². The van der Waals surface area contributed by atoms with E-state index in [1.165, 1.54) is 19.3 Å². The number of rotatable bonds is 37. The van der Waals surface area contributed by atoms with E-state index in [0.717, 1.165) is 57.8 Å². The zero-order chi connectivity index (χ0) is 41.4. The fourth-order valence-corrected chi connectivity index (χ4v) is 5.70. The Morgan fingerprint density at radius 1 is 0.625 bits per heavy atom. The normalized spacial score (nSPS) is 15.3. The molecule has 0 aromatic carbocycles. The summed E-state index contributed by atoms with van der Waals surface area (Å²) in [6.07, 6.45) is 41.5. The number of aliphatic hydroxyl groups is 3. The van der Waals surface area contributed by atoms with Gasteiger partial charge in [0.25, 0.3) is 0 Å². The molecule has 4 N–H and O–H groups in total. The Labute approximate surface area is 337 Å². The second-order valence-corrected chi connectivity index (χ2v) is 14.9. The summed E-state index contributed by atoms with van der Waals surface area (Å²) >= 11 is 0. The summed E-state index contributed by atoms with van der Waals surface area (Å²) in [5, 5.41) is 28.3. The van der Waals surface area contributed by atoms with Crippen molar-refractivity contribution in [3.63, 3.8) is 0 Å². The SMILES string of the molecule is CC/C=C\C/C=C\C/C=C\CCCCCCCC(=O)OC[C@H](COP(=O)(O)OC[C@@H](O)CO)OC(=O)CCC/C=C\C/C=C\C=C\[C@@H](O)C/C=C\CCCCC. The number of allylic oxidation sites excluding steroid dienone is 12. The molecule has 0 aromatic heterocycles. The number of aliphatic hydroxyl groups excluding tert-OH is 3. The summed E-state index contributed by atoms with van der Waals surface area (Å²) in [5.74, 6) is -1.06. The third-order valence-corrected chi connectivity index (χ3v) is 9.06. The van der Waals surface area contributed by atoms with Crippen LogP contribution in [0.2, 0.25) is 0 Å². The smallest absolute Gasteiger partial charge is 0.462 e. The molecule has 0 radical (unpaired) electrons. The Morgan fingerprint density at radius 2 is 1.20 bits per heavy atom. The lowest BCUT2D eigenvalue weighted by molar-refractivity contribution is -0.161. The fraction of sp³-hybridized carbons (Fsp3) is 0.636. The molecule has 0 aliphatic heterocycles. The second-order valence-electron chi connectivity index (χ2n) is 13.5. The first kappa shape index (κ1) is 53.1. The monoisotopic (exact) mass is 808 g/mol. The number of carbonyl (C=O) groups excluding carboxylic acids is 2. The van der Waals surface area contributed by atoms with Crippen molar-refractivity contribution in [2.24, 2.45) is 0 Å². The van der Waals surface area contributed by atoms with E-state index in [9.17, 15) is 29.3 Å². The minimum Gasteiger partial charge on any atom is -0.462 e. The highest BCUT2D eigenvalue weighted by atomic mass is 31.2. The van der Waals surface area contributed by atoms with Crippen LogP contribution in [0.1, 0.15) is 136 Å². The van der Waals surface area contributed by atoms with Gasteiger partial charge in [0, 0.05) is 12.8 Å². The average molecular weight is 809 g/mol. The minimum absolute atomic E-state index is 0.0675. The molecule has 0 bridgehead atoms. The van der Waals surface area contributed by atoms with Gasteiger partial charge in [0.2, 0.25) is 0 Å². The van der Waals surface area contributed by atoms with Crippen LogP contribution in [0.5, 0.6) is 0 Å². The second kappa shape index (κ2) is 39.0. The van der Waals surface area contributed by atoms with Crippen molar-refractivity contribution in [1.29, 1.82) is 0 Å². The number of phosphoric ester groups is 1. The van der Waals surface area contributed by atoms with Gasteiger partial charge in [0.05, 0.1) is 25.9 Å². The highest BCUT2D eigenvalue weighted by Gasteiger charge is 2.27. The van der Waals surface area contributed by atoms with E-state index in [2.05, 4.69) is 60.9 Å². The number of esters is 2. The molecule has 1 unspecified atom stereocenters. The van der Waals surface area contributed by atoms with Gasteiger partial charge >= 0.3 is 19.8 Å². The molecule has 56 heavy (non-hydrogen) atoms. The molecule has 0 saturated heterocycles. The summed E-state index contributed by atoms with van der Waals surface area (Å²) in [7, 11) is -4.66. The predicted molar refractivity (Wildman–Crippen MR) is 225 cm³/mol. The molecule has 0 rings (SSSR count). The molecular formula is C44H73O11P. The molecule has 11 nitrogen and oxygen atoms in total. The summed E-state index contributed by atoms with van der Waals surface area (Å²) < 4.78 is 32.5. The quantitative estimate of drug-likeness (QED) is 0.0155. The molecule has 0 aliphatic carbocycles. The molecule has 4 atom stereocenters. The van der Waals surface area contributed by atoms with Crippen molar-refractivity contribution in [2.75, 3.05) is 26.4 Å². The van der Waals surface area contributed by atoms with Crippen LogP contribution in [0.4, 0.5) is 0 Å². The maximum atomic E-state index is 12.6. The van der Waals surface area contributed by atoms with Crippen molar-refractivity contribution >= 4 is 19.8 Å². The van der Waals surface area contributed by atoms with Crippen LogP contribution in [0.3, 0.4) is 0 Å². The van der Waals surface area contributed by atoms with Crippen molar-refractivity contribution in [1.82, 2.24) is 0 Å². The number of phosphoric acid groups is 1. The molecule has 320 valence electrons. The van der Waals surface area contributed by atoms with Crippen molar-refractivity contribution in [3.8, 4) is 0 Å². The van der Waals surface area contributed by atoms with Gasteiger partial charge in [-0.1, -0.05) is 131 Å². The van der Waals surface area contributed by atoms with E-state index >= 15 is 0 Å². The van der Waals surface area contributed by atoms with Crippen molar-refractivity contribution < 1.29 is 52.9 Å². The van der Waals surface area contributed by atoms with E-state index in [-0.39, 0.29) is 19.4 Å². The van der Waals surface area contributed by atoms with Crippen LogP contribution in [-0.4, -0.2) is 76.9 Å². The molecule has 0 heterocycles. The van der Waals surface area contributed by atoms with Gasteiger partial charge in [-0.05, 0) is 77.0 Å². The first-order valence-electron chi connectivity index (χ1n) is 20.7. The number of unbranched alkanes of at least 4 members (excludes halogenated alkanes) is 9. The Balaban J connectivity index is 4.54. The van der Waals surface area contributed by atoms with Crippen LogP contribution in [0.15, 0.2) is 85.1 Å². The summed E-state index contributed by atoms with van der Waals surface area (Å²) in [6.45, 7) is 2.03. The van der Waals surface area contributed by atoms with Crippen LogP contribution in [0, 0.1) is 0 Å². The molecule has 0 spiro atoms. The summed E-state index contributed by atoms with van der Waals surface area (Å²) in [4.78, 5) is 34.9. The minimum atomic E-state index is -4.66. The van der Waals surface area contributed by atoms with Gasteiger partial charge in [-0.25, -0.2) is 4.57 Å². The van der Waals surface area contributed by atoms with Crippen LogP contribution in [0.25, 0.3) is 0 Å². The molecule has 0 amide bonds. The first-order chi connectivity index (χ1) is 27.1. The van der Waals surface area contributed by atoms with Gasteiger partial charge in [-0.2, -0.15) is 0 Å². The van der Waals surface area contributed by atoms with E-state index in [0.29, 0.717) is 32.1 Å². The maximum Gasteiger partial charge on any atom is 0.472 e. The number of hydrogen-bond donors (Lipinski definition) is 4. The molecule has 0 aliphatic rings. The van der Waals surface area contributed by atoms with Crippen LogP contribution in [-0.2, 0) is 32.7 Å². The van der Waals surface area contributed by atoms with E-state index in [4.69, 9.17) is 19.1 Å². The lowest BCUT2D eigenvalue weighted by Gasteiger charge is -2.20. The molecule has 12 heteroatoms. The Bertz CT molecular complexity index is 1220. The third kappa shape index (κ3) is 38.0. The summed E-state index contributed by atoms with van der Waals surface area (Å²) in [5.41, 5.74) is 0. The lowest BCUT2D eigenvalue weighted by atomic mass is 10.1. The standard InChI is InChI=1S/C44H73O11P/c1-3-5-7-9-11-12-13-14-15-16-17-18-22-26-30-34-43(48)52-38-42(39-54-56(50,51)53-37-41(47)36-45)55-44(49)35-31-27-23-20-19-21-25-29-33-40(46)32-28-24-10-8-6-4-2/h5,7,11-12,14-15,20-21,23-25,28-29,33,40-42,45-47H,3-4,6,8-10,13,16-19,22,26-27,30-32,34-39H2,1-2H3,(H,50,51)/b7-5-,12-11-,15-14-,23-20-,25-21-,28-24-,33-29+/t40-,41-,42+/m0/s1. The highest BCUT2D eigenvalue weighted by Crippen LogP contribution is 2.43. The Hall–Kier alpha value is -2.89. The van der Waals surface area contributed by atoms with E-state index in [1.54, 1.807) is 6.08 Å². The largest absolute Gasteiger partial charge is 0.472 e. The van der Waals surface area contributed by atoms with E-state index in [1.807, 2.05) is 36.5 Å². The molecule has 0 fully saturated rings. The Kier molecular flexibility index (Phi) is 36.9. The number of hydrogen-bond acceptors (Lipinski definition) is 10. The zero-order valence-electron chi connectivity index (χ0n) is 34.2. The highest BCUT2D eigenvalue weighted by molar-refractivity contribution is 7.47. The van der Waals surface area contributed by atoms with E-state index < -0.39 is 57.9 Å². The van der Waals surface area contributed by atoms with Gasteiger partial charge < -0.3 is 29.7 Å². The summed E-state index contributed by atoms with van der Waals surface area (Å²) in [6, 6.07) is 0. The van der Waals surface area contributed by atoms with Crippen LogP contribution < -0.4 is 0 Å². The third-order valence-electron chi connectivity index (χ3n) is 8.11. The average Bonchev–Trinajstić information content (AvgIpc) is 3.18. The zero-order valence-corrected chi connectivity index (χ0v) is 35.1. The van der Waals surface area contributed by atoms with Gasteiger partial charge in [0.1, 0.15) is 12.7 Å². The predicted octanol–water partition coefficient (Wildman–Crippen LogP) is 9.63.